The van der Waals surface area contributed by atoms with Gasteiger partial charge >= 0.3 is 0 Å². The van der Waals surface area contributed by atoms with Crippen molar-refractivity contribution < 1.29 is 0 Å². The van der Waals surface area contributed by atoms with E-state index in [1.807, 2.05) is 55.5 Å². The van der Waals surface area contributed by atoms with Gasteiger partial charge in [0.15, 0.2) is 0 Å². The van der Waals surface area contributed by atoms with E-state index in [0.717, 1.165) is 21.4 Å². The van der Waals surface area contributed by atoms with E-state index in [4.69, 9.17) is 11.6 Å². The summed E-state index contributed by atoms with van der Waals surface area (Å²) >= 11 is 9.48. The van der Waals surface area contributed by atoms with Crippen LogP contribution in [0.3, 0.4) is 0 Å². The predicted octanol–water partition coefficient (Wildman–Crippen LogP) is 5.69. The summed E-state index contributed by atoms with van der Waals surface area (Å²) in [6.07, 6.45) is 1.71. The molecule has 23 heavy (non-hydrogen) atoms. The Balaban J connectivity index is 1.81. The summed E-state index contributed by atoms with van der Waals surface area (Å²) in [6, 6.07) is 15.3. The molecule has 116 valence electrons. The largest absolute Gasteiger partial charge is 0.340 e. The van der Waals surface area contributed by atoms with Crippen LogP contribution < -0.4 is 10.6 Å². The second-order valence-electron chi connectivity index (χ2n) is 4.95. The highest BCUT2D eigenvalue weighted by Crippen LogP contribution is 2.25. The van der Waals surface area contributed by atoms with Gasteiger partial charge in [0.1, 0.15) is 5.82 Å². The summed E-state index contributed by atoms with van der Waals surface area (Å²) in [5.74, 6) is 1.23. The number of aromatic nitrogens is 2. The molecule has 1 aromatic heterocycles. The number of aryl methyl sites for hydroxylation is 1. The zero-order valence-electron chi connectivity index (χ0n) is 12.3. The molecule has 6 heteroatoms. The van der Waals surface area contributed by atoms with Gasteiger partial charge in [-0.3, -0.25) is 0 Å². The molecule has 0 unspecified atom stereocenters. The molecule has 0 aliphatic rings. The van der Waals surface area contributed by atoms with Crippen LogP contribution in [0.5, 0.6) is 0 Å². The van der Waals surface area contributed by atoms with Crippen LogP contribution in [0.4, 0.5) is 23.1 Å². The van der Waals surface area contributed by atoms with Crippen LogP contribution in [0.15, 0.2) is 59.2 Å². The Morgan fingerprint density at radius 3 is 2.61 bits per heavy atom. The number of halogens is 2. The Kier molecular flexibility index (Phi) is 4.79. The highest BCUT2D eigenvalue weighted by Gasteiger charge is 2.05. The first-order valence-electron chi connectivity index (χ1n) is 6.99. The zero-order valence-corrected chi connectivity index (χ0v) is 14.7. The van der Waals surface area contributed by atoms with Crippen molar-refractivity contribution in [3.63, 3.8) is 0 Å². The van der Waals surface area contributed by atoms with E-state index in [0.29, 0.717) is 16.8 Å². The minimum atomic E-state index is 0.522. The van der Waals surface area contributed by atoms with Gasteiger partial charge in [0.05, 0.1) is 5.69 Å². The maximum absolute atomic E-state index is 5.98. The molecular formula is C17H14BrClN4. The van der Waals surface area contributed by atoms with Crippen LogP contribution in [-0.4, -0.2) is 9.97 Å². The average Bonchev–Trinajstić information content (AvgIpc) is 2.53. The van der Waals surface area contributed by atoms with Crippen molar-refractivity contribution in [1.29, 1.82) is 0 Å². The van der Waals surface area contributed by atoms with Gasteiger partial charge in [-0.05, 0) is 64.8 Å². The van der Waals surface area contributed by atoms with Crippen molar-refractivity contribution in [1.82, 2.24) is 9.97 Å². The SMILES string of the molecule is Cc1cc(Cl)ccc1Nc1ccnc(Nc2ccccc2Br)n1. The Hall–Kier alpha value is -2.11. The summed E-state index contributed by atoms with van der Waals surface area (Å²) in [6.45, 7) is 2.00. The summed E-state index contributed by atoms with van der Waals surface area (Å²) in [4.78, 5) is 8.73. The number of hydrogen-bond donors (Lipinski definition) is 2. The standard InChI is InChI=1S/C17H14BrClN4/c1-11-10-12(19)6-7-14(11)21-16-8-9-20-17(23-16)22-15-5-3-2-4-13(15)18/h2-10H,1H3,(H2,20,21,22,23). The lowest BCUT2D eigenvalue weighted by Gasteiger charge is -2.11. The number of para-hydroxylation sites is 1. The monoisotopic (exact) mass is 388 g/mol. The lowest BCUT2D eigenvalue weighted by molar-refractivity contribution is 1.16. The Morgan fingerprint density at radius 2 is 1.83 bits per heavy atom. The normalized spacial score (nSPS) is 10.4. The molecule has 0 saturated carbocycles. The third-order valence-corrected chi connectivity index (χ3v) is 4.15. The van der Waals surface area contributed by atoms with Gasteiger partial charge in [-0.25, -0.2) is 4.98 Å². The molecule has 0 spiro atoms. The van der Waals surface area contributed by atoms with Gasteiger partial charge in [0.25, 0.3) is 0 Å². The van der Waals surface area contributed by atoms with E-state index in [1.54, 1.807) is 6.20 Å². The molecule has 2 N–H and O–H groups in total. The molecule has 1 heterocycles. The molecule has 0 fully saturated rings. The third-order valence-electron chi connectivity index (χ3n) is 3.23. The van der Waals surface area contributed by atoms with Crippen LogP contribution in [0.2, 0.25) is 5.02 Å². The van der Waals surface area contributed by atoms with Crippen molar-refractivity contribution in [2.75, 3.05) is 10.6 Å². The first-order valence-corrected chi connectivity index (χ1v) is 8.17. The van der Waals surface area contributed by atoms with Crippen molar-refractivity contribution in [3.05, 3.63) is 69.8 Å². The van der Waals surface area contributed by atoms with E-state index in [2.05, 4.69) is 36.5 Å². The van der Waals surface area contributed by atoms with Crippen LogP contribution in [0.1, 0.15) is 5.56 Å². The highest BCUT2D eigenvalue weighted by molar-refractivity contribution is 9.10. The molecule has 0 bridgehead atoms. The molecule has 0 aliphatic carbocycles. The molecule has 0 aliphatic heterocycles. The van der Waals surface area contributed by atoms with Gasteiger partial charge < -0.3 is 10.6 Å². The second kappa shape index (κ2) is 6.98. The third kappa shape index (κ3) is 4.00. The smallest absolute Gasteiger partial charge is 0.229 e. The molecule has 3 rings (SSSR count). The zero-order chi connectivity index (χ0) is 16.2. The van der Waals surface area contributed by atoms with Crippen molar-refractivity contribution >= 4 is 50.7 Å². The number of hydrogen-bond acceptors (Lipinski definition) is 4. The predicted molar refractivity (Wildman–Crippen MR) is 98.9 cm³/mol. The van der Waals surface area contributed by atoms with Crippen molar-refractivity contribution in [2.24, 2.45) is 0 Å². The summed E-state index contributed by atoms with van der Waals surface area (Å²) in [5, 5.41) is 7.19. The van der Waals surface area contributed by atoms with Crippen LogP contribution in [-0.2, 0) is 0 Å². The second-order valence-corrected chi connectivity index (χ2v) is 6.25. The van der Waals surface area contributed by atoms with E-state index in [9.17, 15) is 0 Å². The Labute approximate surface area is 148 Å². The van der Waals surface area contributed by atoms with E-state index in [-0.39, 0.29) is 0 Å². The molecule has 0 saturated heterocycles. The van der Waals surface area contributed by atoms with E-state index >= 15 is 0 Å². The van der Waals surface area contributed by atoms with Crippen LogP contribution >= 0.6 is 27.5 Å². The molecule has 3 aromatic rings. The molecule has 4 nitrogen and oxygen atoms in total. The molecule has 0 amide bonds. The minimum Gasteiger partial charge on any atom is -0.340 e. The van der Waals surface area contributed by atoms with E-state index in [1.165, 1.54) is 0 Å². The minimum absolute atomic E-state index is 0.522. The fourth-order valence-corrected chi connectivity index (χ4v) is 2.69. The molecule has 0 radical (unpaired) electrons. The quantitative estimate of drug-likeness (QED) is 0.602. The number of anilines is 4. The van der Waals surface area contributed by atoms with Gasteiger partial charge in [-0.15, -0.1) is 0 Å². The topological polar surface area (TPSA) is 49.8 Å². The maximum atomic E-state index is 5.98. The maximum Gasteiger partial charge on any atom is 0.229 e. The lowest BCUT2D eigenvalue weighted by atomic mass is 10.2. The number of nitrogens with one attached hydrogen (secondary N) is 2. The summed E-state index contributed by atoms with van der Waals surface area (Å²) in [7, 11) is 0. The highest BCUT2D eigenvalue weighted by atomic mass is 79.9. The van der Waals surface area contributed by atoms with Gasteiger partial charge in [-0.1, -0.05) is 23.7 Å². The van der Waals surface area contributed by atoms with Crippen LogP contribution in [0.25, 0.3) is 0 Å². The lowest BCUT2D eigenvalue weighted by Crippen LogP contribution is -2.01. The van der Waals surface area contributed by atoms with Crippen LogP contribution in [0, 0.1) is 6.92 Å². The fraction of sp³-hybridized carbons (Fsp3) is 0.0588. The molecule has 0 atom stereocenters. The van der Waals surface area contributed by atoms with Gasteiger partial charge in [0.2, 0.25) is 5.95 Å². The number of benzene rings is 2. The van der Waals surface area contributed by atoms with Crippen molar-refractivity contribution in [2.45, 2.75) is 6.92 Å². The summed E-state index contributed by atoms with van der Waals surface area (Å²) in [5.41, 5.74) is 2.92. The van der Waals surface area contributed by atoms with Crippen molar-refractivity contribution in [3.8, 4) is 0 Å². The average molecular weight is 390 g/mol. The first kappa shape index (κ1) is 15.8. The number of rotatable bonds is 4. The number of nitrogens with zero attached hydrogens (tertiary/aromatic N) is 2. The Bertz CT molecular complexity index is 838. The van der Waals surface area contributed by atoms with E-state index < -0.39 is 0 Å². The first-order chi connectivity index (χ1) is 11.1. The Morgan fingerprint density at radius 1 is 1.00 bits per heavy atom. The molecular weight excluding hydrogens is 376 g/mol. The fourth-order valence-electron chi connectivity index (χ4n) is 2.08. The molecule has 2 aromatic carbocycles. The van der Waals surface area contributed by atoms with Gasteiger partial charge in [-0.2, -0.15) is 4.98 Å². The van der Waals surface area contributed by atoms with Gasteiger partial charge in [0, 0.05) is 21.4 Å². The summed E-state index contributed by atoms with van der Waals surface area (Å²) < 4.78 is 0.954.